The molecular weight excluding hydrogens is 250 g/mol. The number of aromatic amines is 1. The molecule has 1 unspecified atom stereocenters. The van der Waals surface area contributed by atoms with Crippen molar-refractivity contribution in [3.8, 4) is 0 Å². The highest BCUT2D eigenvalue weighted by molar-refractivity contribution is 5.83. The molecule has 2 N–H and O–H groups in total. The Morgan fingerprint density at radius 1 is 1.40 bits per heavy atom. The van der Waals surface area contributed by atoms with E-state index in [1.54, 1.807) is 0 Å². The van der Waals surface area contributed by atoms with Gasteiger partial charge in [-0.1, -0.05) is 18.2 Å². The maximum Gasteiger partial charge on any atom is 0.257 e. The molecule has 20 heavy (non-hydrogen) atoms. The fourth-order valence-corrected chi connectivity index (χ4v) is 2.55. The van der Waals surface area contributed by atoms with Crippen molar-refractivity contribution in [2.45, 2.75) is 31.8 Å². The first-order valence-electron chi connectivity index (χ1n) is 7.23. The van der Waals surface area contributed by atoms with E-state index in [1.165, 1.54) is 12.8 Å². The van der Waals surface area contributed by atoms with Gasteiger partial charge in [0, 0.05) is 24.0 Å². The molecule has 1 heterocycles. The number of aromatic nitrogens is 1. The summed E-state index contributed by atoms with van der Waals surface area (Å²) in [5.74, 6) is 0.796. The van der Waals surface area contributed by atoms with E-state index in [2.05, 4.69) is 29.2 Å². The molecule has 2 aromatic rings. The largest absolute Gasteiger partial charge is 0.370 e. The zero-order valence-corrected chi connectivity index (χ0v) is 12.0. The van der Waals surface area contributed by atoms with Crippen LogP contribution in [0.25, 0.3) is 10.8 Å². The second-order valence-electron chi connectivity index (χ2n) is 5.73. The van der Waals surface area contributed by atoms with Crippen LogP contribution in [0.2, 0.25) is 0 Å². The molecule has 1 saturated carbocycles. The summed E-state index contributed by atoms with van der Waals surface area (Å²) in [5.41, 5.74) is -0.0335. The lowest BCUT2D eigenvalue weighted by molar-refractivity contribution is 0.257. The summed E-state index contributed by atoms with van der Waals surface area (Å²) < 4.78 is 0. The molecule has 1 aromatic carbocycles. The van der Waals surface area contributed by atoms with E-state index in [1.807, 2.05) is 30.3 Å². The zero-order valence-electron chi connectivity index (χ0n) is 12.0. The Bertz CT molecular complexity index is 660. The van der Waals surface area contributed by atoms with E-state index in [4.69, 9.17) is 0 Å². The van der Waals surface area contributed by atoms with Gasteiger partial charge in [-0.3, -0.25) is 9.69 Å². The molecule has 4 heteroatoms. The van der Waals surface area contributed by atoms with Crippen LogP contribution in [-0.4, -0.2) is 35.6 Å². The maximum absolute atomic E-state index is 12.0. The number of nitrogens with zero attached hydrogens (tertiary/aromatic N) is 1. The van der Waals surface area contributed by atoms with E-state index in [0.29, 0.717) is 6.04 Å². The second kappa shape index (κ2) is 5.29. The minimum absolute atomic E-state index is 0.0335. The third kappa shape index (κ3) is 2.70. The van der Waals surface area contributed by atoms with Gasteiger partial charge in [-0.2, -0.15) is 0 Å². The highest BCUT2D eigenvalue weighted by atomic mass is 16.1. The molecule has 0 spiro atoms. The Morgan fingerprint density at radius 3 is 2.90 bits per heavy atom. The predicted octanol–water partition coefficient (Wildman–Crippen LogP) is 2.42. The number of pyridine rings is 1. The molecule has 0 amide bonds. The van der Waals surface area contributed by atoms with Gasteiger partial charge < -0.3 is 10.3 Å². The van der Waals surface area contributed by atoms with Gasteiger partial charge >= 0.3 is 0 Å². The number of fused-ring (bicyclic) bond motifs is 1. The number of rotatable bonds is 5. The summed E-state index contributed by atoms with van der Waals surface area (Å²) in [6.07, 6.45) is 2.63. The molecule has 1 aliphatic rings. The van der Waals surface area contributed by atoms with Crippen molar-refractivity contribution in [2.24, 2.45) is 0 Å². The Labute approximate surface area is 118 Å². The fraction of sp³-hybridized carbons (Fsp3) is 0.438. The van der Waals surface area contributed by atoms with Crippen LogP contribution in [-0.2, 0) is 0 Å². The van der Waals surface area contributed by atoms with Crippen molar-refractivity contribution in [1.29, 1.82) is 0 Å². The molecule has 0 radical (unpaired) electrons. The van der Waals surface area contributed by atoms with E-state index < -0.39 is 0 Å². The SMILES string of the molecule is CC(CNc1cc2ccccc2c(=O)[nH]1)N(C)C1CC1. The van der Waals surface area contributed by atoms with Crippen LogP contribution in [0.1, 0.15) is 19.8 Å². The quantitative estimate of drug-likeness (QED) is 0.878. The molecule has 3 rings (SSSR count). The molecule has 1 aromatic heterocycles. The third-order valence-corrected chi connectivity index (χ3v) is 4.16. The van der Waals surface area contributed by atoms with E-state index in [9.17, 15) is 4.79 Å². The maximum atomic E-state index is 12.0. The van der Waals surface area contributed by atoms with E-state index >= 15 is 0 Å². The molecular formula is C16H21N3O. The highest BCUT2D eigenvalue weighted by Gasteiger charge is 2.28. The van der Waals surface area contributed by atoms with Crippen LogP contribution in [0.15, 0.2) is 35.1 Å². The van der Waals surface area contributed by atoms with Gasteiger partial charge in [-0.15, -0.1) is 0 Å². The first kappa shape index (κ1) is 13.2. The minimum Gasteiger partial charge on any atom is -0.370 e. The molecule has 4 nitrogen and oxygen atoms in total. The molecule has 1 aliphatic carbocycles. The van der Waals surface area contributed by atoms with Gasteiger partial charge in [0.05, 0.1) is 0 Å². The van der Waals surface area contributed by atoms with Crippen molar-refractivity contribution < 1.29 is 0 Å². The molecule has 0 saturated heterocycles. The third-order valence-electron chi connectivity index (χ3n) is 4.16. The van der Waals surface area contributed by atoms with Crippen molar-refractivity contribution >= 4 is 16.6 Å². The minimum atomic E-state index is -0.0335. The molecule has 1 atom stereocenters. The van der Waals surface area contributed by atoms with Gasteiger partial charge in [-0.05, 0) is 44.3 Å². The van der Waals surface area contributed by atoms with Crippen LogP contribution in [0.5, 0.6) is 0 Å². The van der Waals surface area contributed by atoms with Crippen molar-refractivity contribution in [3.05, 3.63) is 40.7 Å². The fourth-order valence-electron chi connectivity index (χ4n) is 2.55. The van der Waals surface area contributed by atoms with Gasteiger partial charge in [0.15, 0.2) is 0 Å². The monoisotopic (exact) mass is 271 g/mol. The summed E-state index contributed by atoms with van der Waals surface area (Å²) >= 11 is 0. The number of anilines is 1. The van der Waals surface area contributed by atoms with Crippen LogP contribution in [0, 0.1) is 0 Å². The number of hydrogen-bond donors (Lipinski definition) is 2. The average molecular weight is 271 g/mol. The number of likely N-dealkylation sites (N-methyl/N-ethyl adjacent to an activating group) is 1. The second-order valence-corrected chi connectivity index (χ2v) is 5.73. The molecule has 106 valence electrons. The van der Waals surface area contributed by atoms with E-state index in [0.717, 1.165) is 29.2 Å². The molecule has 0 aliphatic heterocycles. The zero-order chi connectivity index (χ0) is 14.1. The van der Waals surface area contributed by atoms with Gasteiger partial charge in [-0.25, -0.2) is 0 Å². The smallest absolute Gasteiger partial charge is 0.257 e. The summed E-state index contributed by atoms with van der Waals surface area (Å²) in [7, 11) is 2.17. The predicted molar refractivity (Wildman–Crippen MR) is 83.3 cm³/mol. The molecule has 0 bridgehead atoms. The van der Waals surface area contributed by atoms with Crippen LogP contribution in [0.3, 0.4) is 0 Å². The van der Waals surface area contributed by atoms with Gasteiger partial charge in [0.2, 0.25) is 0 Å². The van der Waals surface area contributed by atoms with Crippen molar-refractivity contribution in [3.63, 3.8) is 0 Å². The summed E-state index contributed by atoms with van der Waals surface area (Å²) in [6.45, 7) is 3.05. The van der Waals surface area contributed by atoms with Crippen molar-refractivity contribution in [2.75, 3.05) is 18.9 Å². The number of H-pyrrole nitrogens is 1. The Kier molecular flexibility index (Phi) is 3.49. The first-order chi connectivity index (χ1) is 9.65. The van der Waals surface area contributed by atoms with Crippen molar-refractivity contribution in [1.82, 2.24) is 9.88 Å². The highest BCUT2D eigenvalue weighted by Crippen LogP contribution is 2.26. The normalized spacial score (nSPS) is 16.6. The van der Waals surface area contributed by atoms with Crippen LogP contribution >= 0.6 is 0 Å². The Morgan fingerprint density at radius 2 is 2.15 bits per heavy atom. The number of nitrogens with one attached hydrogen (secondary N) is 2. The van der Waals surface area contributed by atoms with Gasteiger partial charge in [0.1, 0.15) is 5.82 Å². The molecule has 1 fully saturated rings. The Balaban J connectivity index is 1.72. The van der Waals surface area contributed by atoms with E-state index in [-0.39, 0.29) is 5.56 Å². The lowest BCUT2D eigenvalue weighted by Gasteiger charge is -2.25. The first-order valence-corrected chi connectivity index (χ1v) is 7.23. The number of hydrogen-bond acceptors (Lipinski definition) is 3. The lowest BCUT2D eigenvalue weighted by Crippen LogP contribution is -2.36. The Hall–Kier alpha value is -1.81. The average Bonchev–Trinajstić information content (AvgIpc) is 3.28. The summed E-state index contributed by atoms with van der Waals surface area (Å²) in [6, 6.07) is 10.9. The topological polar surface area (TPSA) is 48.1 Å². The number of benzene rings is 1. The van der Waals surface area contributed by atoms with Crippen LogP contribution < -0.4 is 10.9 Å². The van der Waals surface area contributed by atoms with Crippen LogP contribution in [0.4, 0.5) is 5.82 Å². The summed E-state index contributed by atoms with van der Waals surface area (Å²) in [5, 5.41) is 5.05. The summed E-state index contributed by atoms with van der Waals surface area (Å²) in [4.78, 5) is 17.3. The standard InChI is InChI=1S/C16H21N3O/c1-11(19(2)13-7-8-13)10-17-15-9-12-5-3-4-6-14(12)16(20)18-15/h3-6,9,11,13H,7-8,10H2,1-2H3,(H2,17,18,20). The van der Waals surface area contributed by atoms with Gasteiger partial charge in [0.25, 0.3) is 5.56 Å². The lowest BCUT2D eigenvalue weighted by atomic mass is 10.2.